The molecule has 2 aliphatic rings. The number of nitrogens with zero attached hydrogens (tertiary/aromatic N) is 1. The van der Waals surface area contributed by atoms with Crippen molar-refractivity contribution in [2.24, 2.45) is 11.8 Å². The minimum atomic E-state index is -0.0397. The maximum atomic E-state index is 12.4. The zero-order valence-electron chi connectivity index (χ0n) is 14.1. The molecule has 0 radical (unpaired) electrons. The van der Waals surface area contributed by atoms with Gasteiger partial charge in [0.05, 0.1) is 0 Å². The number of carbonyl (C=O) groups excluding carboxylic acids is 2. The molecule has 0 spiro atoms. The Bertz CT molecular complexity index is 555. The molecule has 3 rings (SSSR count). The molecule has 2 saturated heterocycles. The van der Waals surface area contributed by atoms with Crippen molar-refractivity contribution in [1.29, 1.82) is 0 Å². The van der Waals surface area contributed by atoms with Crippen LogP contribution in [0.2, 0.25) is 0 Å². The van der Waals surface area contributed by atoms with Crippen LogP contribution in [0.5, 0.6) is 0 Å². The van der Waals surface area contributed by atoms with Gasteiger partial charge in [-0.1, -0.05) is 18.2 Å². The normalized spacial score (nSPS) is 23.9. The third kappa shape index (κ3) is 4.57. The van der Waals surface area contributed by atoms with E-state index in [0.717, 1.165) is 45.6 Å². The minimum Gasteiger partial charge on any atom is -0.381 e. The first-order valence-electron chi connectivity index (χ1n) is 8.91. The van der Waals surface area contributed by atoms with Gasteiger partial charge in [-0.25, -0.2) is 0 Å². The Kier molecular flexibility index (Phi) is 5.86. The summed E-state index contributed by atoms with van der Waals surface area (Å²) in [6.45, 7) is 3.73. The fourth-order valence-electron chi connectivity index (χ4n) is 3.51. The van der Waals surface area contributed by atoms with E-state index in [9.17, 15) is 9.59 Å². The Morgan fingerprint density at radius 1 is 1.17 bits per heavy atom. The smallest absolute Gasteiger partial charge is 0.251 e. The Morgan fingerprint density at radius 2 is 2.00 bits per heavy atom. The van der Waals surface area contributed by atoms with Gasteiger partial charge in [0, 0.05) is 44.8 Å². The summed E-state index contributed by atoms with van der Waals surface area (Å²) >= 11 is 0. The van der Waals surface area contributed by atoms with Gasteiger partial charge in [-0.2, -0.15) is 0 Å². The highest BCUT2D eigenvalue weighted by Crippen LogP contribution is 2.21. The predicted octanol–water partition coefficient (Wildman–Crippen LogP) is 2.08. The second-order valence-corrected chi connectivity index (χ2v) is 6.86. The highest BCUT2D eigenvalue weighted by Gasteiger charge is 2.27. The lowest BCUT2D eigenvalue weighted by atomic mass is 9.96. The summed E-state index contributed by atoms with van der Waals surface area (Å²) in [5.41, 5.74) is 0.683. The van der Waals surface area contributed by atoms with E-state index in [1.165, 1.54) is 0 Å². The maximum Gasteiger partial charge on any atom is 0.251 e. The van der Waals surface area contributed by atoms with Crippen LogP contribution in [-0.2, 0) is 9.53 Å². The van der Waals surface area contributed by atoms with Crippen LogP contribution in [0, 0.1) is 11.8 Å². The van der Waals surface area contributed by atoms with Crippen LogP contribution < -0.4 is 5.32 Å². The van der Waals surface area contributed by atoms with Gasteiger partial charge in [0.1, 0.15) is 0 Å². The molecule has 5 nitrogen and oxygen atoms in total. The SMILES string of the molecule is O=C(NC[C@H]1CCCN(C(=O)C[C@@H]2CCOC2)C1)c1ccccc1. The van der Waals surface area contributed by atoms with Gasteiger partial charge in [-0.15, -0.1) is 0 Å². The fraction of sp³-hybridized carbons (Fsp3) is 0.579. The quantitative estimate of drug-likeness (QED) is 0.899. The zero-order chi connectivity index (χ0) is 16.8. The lowest BCUT2D eigenvalue weighted by molar-refractivity contribution is -0.134. The van der Waals surface area contributed by atoms with Crippen LogP contribution in [-0.4, -0.2) is 49.6 Å². The largest absolute Gasteiger partial charge is 0.381 e. The molecular formula is C19H26N2O3. The van der Waals surface area contributed by atoms with E-state index < -0.39 is 0 Å². The predicted molar refractivity (Wildman–Crippen MR) is 91.6 cm³/mol. The number of nitrogens with one attached hydrogen (secondary N) is 1. The summed E-state index contributed by atoms with van der Waals surface area (Å²) in [5.74, 6) is 0.928. The van der Waals surface area contributed by atoms with Gasteiger partial charge in [0.25, 0.3) is 5.91 Å². The van der Waals surface area contributed by atoms with Crippen LogP contribution in [0.4, 0.5) is 0 Å². The molecule has 1 aromatic rings. The highest BCUT2D eigenvalue weighted by atomic mass is 16.5. The van der Waals surface area contributed by atoms with Crippen molar-refractivity contribution < 1.29 is 14.3 Å². The van der Waals surface area contributed by atoms with Crippen molar-refractivity contribution in [2.75, 3.05) is 32.8 Å². The molecule has 0 aliphatic carbocycles. The molecule has 2 amide bonds. The standard InChI is InChI=1S/C19H26N2O3/c22-18(11-15-8-10-24-14-15)21-9-4-5-16(13-21)12-20-19(23)17-6-2-1-3-7-17/h1-3,6-7,15-16H,4-5,8-14H2,(H,20,23)/t15-,16+/m0/s1. The van der Waals surface area contributed by atoms with E-state index in [-0.39, 0.29) is 11.8 Å². The van der Waals surface area contributed by atoms with Crippen LogP contribution in [0.15, 0.2) is 30.3 Å². The molecule has 0 saturated carbocycles. The van der Waals surface area contributed by atoms with Crippen molar-refractivity contribution in [3.05, 3.63) is 35.9 Å². The zero-order valence-corrected chi connectivity index (χ0v) is 14.1. The van der Waals surface area contributed by atoms with Crippen molar-refractivity contribution in [3.8, 4) is 0 Å². The van der Waals surface area contributed by atoms with Crippen LogP contribution in [0.1, 0.15) is 36.0 Å². The van der Waals surface area contributed by atoms with Gasteiger partial charge in [0.15, 0.2) is 0 Å². The molecule has 0 bridgehead atoms. The van der Waals surface area contributed by atoms with Crippen LogP contribution in [0.3, 0.4) is 0 Å². The first-order valence-corrected chi connectivity index (χ1v) is 8.91. The topological polar surface area (TPSA) is 58.6 Å². The number of likely N-dealkylation sites (tertiary alicyclic amines) is 1. The lowest BCUT2D eigenvalue weighted by Gasteiger charge is -2.33. The van der Waals surface area contributed by atoms with Crippen molar-refractivity contribution in [2.45, 2.75) is 25.7 Å². The van der Waals surface area contributed by atoms with E-state index >= 15 is 0 Å². The van der Waals surface area contributed by atoms with Gasteiger partial charge in [0.2, 0.25) is 5.91 Å². The fourth-order valence-corrected chi connectivity index (χ4v) is 3.51. The van der Waals surface area contributed by atoms with Crippen molar-refractivity contribution >= 4 is 11.8 Å². The first kappa shape index (κ1) is 17.0. The van der Waals surface area contributed by atoms with E-state index in [1.54, 1.807) is 0 Å². The number of hydrogen-bond donors (Lipinski definition) is 1. The molecule has 0 unspecified atom stereocenters. The summed E-state index contributed by atoms with van der Waals surface area (Å²) in [5, 5.41) is 3.00. The number of carbonyl (C=O) groups is 2. The summed E-state index contributed by atoms with van der Waals surface area (Å²) in [7, 11) is 0. The van der Waals surface area contributed by atoms with Crippen LogP contribution >= 0.6 is 0 Å². The summed E-state index contributed by atoms with van der Waals surface area (Å²) in [4.78, 5) is 26.5. The second kappa shape index (κ2) is 8.29. The Labute approximate surface area is 143 Å². The van der Waals surface area contributed by atoms with E-state index in [0.29, 0.717) is 30.4 Å². The first-order chi connectivity index (χ1) is 11.7. The average molecular weight is 330 g/mol. The summed E-state index contributed by atoms with van der Waals surface area (Å²) in [6.07, 6.45) is 3.67. The number of rotatable bonds is 5. The molecule has 24 heavy (non-hydrogen) atoms. The molecule has 0 aromatic heterocycles. The molecule has 5 heteroatoms. The monoisotopic (exact) mass is 330 g/mol. The molecule has 2 aliphatic heterocycles. The lowest BCUT2D eigenvalue weighted by Crippen LogP contribution is -2.44. The molecule has 2 heterocycles. The number of benzene rings is 1. The second-order valence-electron chi connectivity index (χ2n) is 6.86. The third-order valence-corrected chi connectivity index (χ3v) is 4.95. The van der Waals surface area contributed by atoms with Gasteiger partial charge in [-0.3, -0.25) is 9.59 Å². The Hall–Kier alpha value is -1.88. The molecule has 2 fully saturated rings. The Morgan fingerprint density at radius 3 is 2.75 bits per heavy atom. The van der Waals surface area contributed by atoms with Gasteiger partial charge < -0.3 is 15.0 Å². The van der Waals surface area contributed by atoms with E-state index in [2.05, 4.69) is 5.32 Å². The van der Waals surface area contributed by atoms with Crippen LogP contribution in [0.25, 0.3) is 0 Å². The molecule has 2 atom stereocenters. The highest BCUT2D eigenvalue weighted by molar-refractivity contribution is 5.94. The summed E-state index contributed by atoms with van der Waals surface area (Å²) < 4.78 is 5.36. The number of hydrogen-bond acceptors (Lipinski definition) is 3. The van der Waals surface area contributed by atoms with E-state index in [4.69, 9.17) is 4.74 Å². The minimum absolute atomic E-state index is 0.0397. The number of piperidine rings is 1. The van der Waals surface area contributed by atoms with Gasteiger partial charge in [-0.05, 0) is 43.2 Å². The molecule has 1 aromatic carbocycles. The van der Waals surface area contributed by atoms with Crippen molar-refractivity contribution in [3.63, 3.8) is 0 Å². The molecule has 130 valence electrons. The third-order valence-electron chi connectivity index (χ3n) is 4.95. The average Bonchev–Trinajstić information content (AvgIpc) is 3.13. The Balaban J connectivity index is 1.45. The van der Waals surface area contributed by atoms with Gasteiger partial charge >= 0.3 is 0 Å². The van der Waals surface area contributed by atoms with Crippen molar-refractivity contribution in [1.82, 2.24) is 10.2 Å². The molecule has 1 N–H and O–H groups in total. The number of ether oxygens (including phenoxy) is 1. The maximum absolute atomic E-state index is 12.4. The van der Waals surface area contributed by atoms with E-state index in [1.807, 2.05) is 35.2 Å². The number of amides is 2. The summed E-state index contributed by atoms with van der Waals surface area (Å²) in [6, 6.07) is 9.26. The molecular weight excluding hydrogens is 304 g/mol.